The predicted octanol–water partition coefficient (Wildman–Crippen LogP) is 3.04. The molecule has 1 unspecified atom stereocenters. The van der Waals surface area contributed by atoms with Crippen molar-refractivity contribution in [2.45, 2.75) is 80.4 Å². The molecule has 0 radical (unpaired) electrons. The number of urea groups is 1. The highest BCUT2D eigenvalue weighted by Gasteiger charge is 2.42. The Kier molecular flexibility index (Phi) is 69.0. The van der Waals surface area contributed by atoms with Crippen molar-refractivity contribution in [2.75, 3.05) is 329 Å². The van der Waals surface area contributed by atoms with Crippen LogP contribution in [0.15, 0.2) is 0 Å². The SMILES string of the molecule is O=C(CCCCC1CCSS1)NCCOCCOCCOCCOCCOCCOCCOCCOCCOCCOCCOCCOCCOCCOCCOCCOCCOCCOCCOCCOCCOCCOCCOCCNC(=O)CCCC[C@@H]1SC[C@@H]2NC(=O)N[C@@H]21. The first-order chi connectivity index (χ1) is 49.1. The van der Waals surface area contributed by atoms with Gasteiger partial charge in [-0.2, -0.15) is 11.8 Å². The van der Waals surface area contributed by atoms with Gasteiger partial charge in [-0.15, -0.1) is 0 Å². The molecule has 3 heterocycles. The van der Waals surface area contributed by atoms with E-state index in [2.05, 4.69) is 21.3 Å². The van der Waals surface area contributed by atoms with E-state index in [1.54, 1.807) is 0 Å². The van der Waals surface area contributed by atoms with Gasteiger partial charge in [0.05, 0.1) is 316 Å². The van der Waals surface area contributed by atoms with E-state index in [1.165, 1.54) is 18.6 Å². The Bertz CT molecular complexity index is 1750. The summed E-state index contributed by atoms with van der Waals surface area (Å²) in [5, 5.41) is 13.0. The minimum Gasteiger partial charge on any atom is -0.377 e. The van der Waals surface area contributed by atoms with Crippen molar-refractivity contribution >= 4 is 51.2 Å². The number of hydrogen-bond donors (Lipinski definition) is 4. The Hall–Kier alpha value is -1.66. The minimum absolute atomic E-state index is 0.0371. The molecule has 0 aromatic heterocycles. The molecule has 3 aliphatic rings. The lowest BCUT2D eigenvalue weighted by Crippen LogP contribution is -2.36. The zero-order valence-corrected chi connectivity index (χ0v) is 61.8. The topological polar surface area (TPSA) is 312 Å². The molecule has 0 aromatic carbocycles. The molecule has 0 saturated carbocycles. The molecule has 0 aromatic rings. The van der Waals surface area contributed by atoms with Crippen LogP contribution in [-0.2, 0) is 119 Å². The number of carbonyl (C=O) groups is 3. The summed E-state index contributed by atoms with van der Waals surface area (Å²) in [5.74, 6) is 2.35. The van der Waals surface area contributed by atoms with E-state index in [4.69, 9.17) is 109 Å². The first-order valence-electron chi connectivity index (χ1n) is 35.9. The van der Waals surface area contributed by atoms with Crippen molar-refractivity contribution in [2.24, 2.45) is 0 Å². The summed E-state index contributed by atoms with van der Waals surface area (Å²) in [6.45, 7) is 23.0. The lowest BCUT2D eigenvalue weighted by molar-refractivity contribution is -0.122. The third kappa shape index (κ3) is 63.3. The summed E-state index contributed by atoms with van der Waals surface area (Å²) in [7, 11) is 3.96. The molecule has 3 saturated heterocycles. The number of unbranched alkanes of at least 4 members (excludes halogenated alkanes) is 2. The summed E-state index contributed by atoms with van der Waals surface area (Å²) in [6.07, 6.45) is 8.48. The summed E-state index contributed by atoms with van der Waals surface area (Å²) in [5.41, 5.74) is 0. The Balaban J connectivity index is 0.831. The minimum atomic E-state index is -0.0653. The van der Waals surface area contributed by atoms with Crippen LogP contribution in [0, 0.1) is 0 Å². The van der Waals surface area contributed by atoms with E-state index in [-0.39, 0.29) is 29.9 Å². The molecule has 3 fully saturated rings. The van der Waals surface area contributed by atoms with E-state index in [9.17, 15) is 14.4 Å². The van der Waals surface area contributed by atoms with Gasteiger partial charge < -0.3 is 130 Å². The maximum Gasteiger partial charge on any atom is 0.315 e. The third-order valence-corrected chi connectivity index (χ3v) is 18.8. The summed E-state index contributed by atoms with van der Waals surface area (Å²) in [4.78, 5) is 35.6. The fourth-order valence-corrected chi connectivity index (χ4v) is 13.7. The van der Waals surface area contributed by atoms with E-state index in [1.807, 2.05) is 33.3 Å². The van der Waals surface area contributed by atoms with Gasteiger partial charge in [0.2, 0.25) is 11.8 Å². The van der Waals surface area contributed by atoms with Crippen LogP contribution in [0.4, 0.5) is 4.79 Å². The lowest BCUT2D eigenvalue weighted by Gasteiger charge is -2.16. The molecule has 3 rings (SSSR count). The molecule has 3 aliphatic heterocycles. The highest BCUT2D eigenvalue weighted by atomic mass is 33.1. The van der Waals surface area contributed by atoms with Gasteiger partial charge in [-0.25, -0.2) is 4.79 Å². The van der Waals surface area contributed by atoms with Gasteiger partial charge in [0.15, 0.2) is 0 Å². The standard InChI is InChI=1S/C66H126N4O26S3/c71-63(7-3-1-5-60-9-58-98-99-60)67-10-12-74-14-16-76-18-20-78-22-24-80-26-28-82-30-32-84-34-36-86-38-40-88-42-44-90-46-48-92-50-52-94-54-56-96-57-55-95-53-51-93-49-47-91-45-43-89-41-39-87-37-35-85-33-31-83-29-27-81-25-23-79-21-19-77-17-15-75-13-11-68-64(72)8-4-2-6-62-65-61(59-97-62)69-66(73)70-65/h60-62,65H,1-59H2,(H,67,71)(H,68,72)(H2,69,70,73)/t60?,61-,62-,65-/m0/s1. The Morgan fingerprint density at radius 2 is 0.566 bits per heavy atom. The number of hydrogen-bond acceptors (Lipinski definition) is 29. The molecule has 584 valence electrons. The van der Waals surface area contributed by atoms with Gasteiger partial charge >= 0.3 is 6.03 Å². The maximum atomic E-state index is 12.1. The average molecular weight is 1490 g/mol. The molecule has 0 bridgehead atoms. The second-order valence-corrected chi connectivity index (χ2v) is 26.3. The van der Waals surface area contributed by atoms with Crippen molar-refractivity contribution in [3.63, 3.8) is 0 Å². The van der Waals surface area contributed by atoms with Crippen LogP contribution in [0.3, 0.4) is 0 Å². The molecular weight excluding hydrogens is 1360 g/mol. The Labute approximate surface area is 602 Å². The van der Waals surface area contributed by atoms with Gasteiger partial charge in [0.1, 0.15) is 0 Å². The molecule has 33 heteroatoms. The zero-order chi connectivity index (χ0) is 70.0. The van der Waals surface area contributed by atoms with Gasteiger partial charge in [0.25, 0.3) is 0 Å². The van der Waals surface area contributed by atoms with Crippen LogP contribution in [0.25, 0.3) is 0 Å². The quantitative estimate of drug-likeness (QED) is 0.0386. The molecule has 4 amide bonds. The highest BCUT2D eigenvalue weighted by molar-refractivity contribution is 8.77. The monoisotopic (exact) mass is 1490 g/mol. The van der Waals surface area contributed by atoms with E-state index < -0.39 is 0 Å². The van der Waals surface area contributed by atoms with Crippen molar-refractivity contribution in [1.29, 1.82) is 0 Å². The number of ether oxygens (including phenoxy) is 23. The summed E-state index contributed by atoms with van der Waals surface area (Å²) >= 11 is 1.90. The molecule has 0 spiro atoms. The second kappa shape index (κ2) is 74.6. The van der Waals surface area contributed by atoms with Crippen LogP contribution in [0.1, 0.15) is 57.8 Å². The van der Waals surface area contributed by atoms with Crippen molar-refractivity contribution < 1.29 is 123 Å². The van der Waals surface area contributed by atoms with E-state index >= 15 is 0 Å². The lowest BCUT2D eigenvalue weighted by atomic mass is 10.0. The summed E-state index contributed by atoms with van der Waals surface area (Å²) in [6, 6.07) is 0.385. The van der Waals surface area contributed by atoms with E-state index in [0.717, 1.165) is 43.1 Å². The van der Waals surface area contributed by atoms with Crippen molar-refractivity contribution in [1.82, 2.24) is 21.3 Å². The van der Waals surface area contributed by atoms with Crippen LogP contribution in [0.2, 0.25) is 0 Å². The van der Waals surface area contributed by atoms with Crippen LogP contribution >= 0.6 is 33.3 Å². The summed E-state index contributed by atoms with van der Waals surface area (Å²) < 4.78 is 127. The molecule has 0 aliphatic carbocycles. The smallest absolute Gasteiger partial charge is 0.315 e. The molecule has 4 atom stereocenters. The van der Waals surface area contributed by atoms with E-state index in [0.29, 0.717) is 335 Å². The Morgan fingerprint density at radius 1 is 0.323 bits per heavy atom. The molecule has 99 heavy (non-hydrogen) atoms. The fraction of sp³-hybridized carbons (Fsp3) is 0.955. The third-order valence-electron chi connectivity index (χ3n) is 14.3. The maximum absolute atomic E-state index is 12.1. The molecule has 30 nitrogen and oxygen atoms in total. The number of rotatable bonds is 82. The van der Waals surface area contributed by atoms with Gasteiger partial charge in [0, 0.05) is 47.9 Å². The normalized spacial score (nSPS) is 16.7. The Morgan fingerprint density at radius 3 is 0.808 bits per heavy atom. The molecule has 4 N–H and O–H groups in total. The first kappa shape index (κ1) is 91.5. The first-order valence-corrected chi connectivity index (χ1v) is 39.3. The van der Waals surface area contributed by atoms with Crippen LogP contribution in [0.5, 0.6) is 0 Å². The number of amides is 4. The van der Waals surface area contributed by atoms with Gasteiger partial charge in [-0.3, -0.25) is 9.59 Å². The van der Waals surface area contributed by atoms with Crippen LogP contribution < -0.4 is 21.3 Å². The number of carbonyl (C=O) groups excluding carboxylic acids is 3. The van der Waals surface area contributed by atoms with Crippen molar-refractivity contribution in [3.05, 3.63) is 0 Å². The average Bonchev–Trinajstić information content (AvgIpc) is 1.67. The zero-order valence-electron chi connectivity index (χ0n) is 59.4. The predicted molar refractivity (Wildman–Crippen MR) is 376 cm³/mol. The van der Waals surface area contributed by atoms with Crippen molar-refractivity contribution in [3.8, 4) is 0 Å². The number of fused-ring (bicyclic) bond motifs is 1. The fourth-order valence-electron chi connectivity index (χ4n) is 9.14. The largest absolute Gasteiger partial charge is 0.377 e. The van der Waals surface area contributed by atoms with Crippen LogP contribution in [-0.4, -0.2) is 369 Å². The molecular formula is C66H126N4O26S3. The number of nitrogens with one attached hydrogen (secondary N) is 4. The second-order valence-electron chi connectivity index (χ2n) is 22.2. The van der Waals surface area contributed by atoms with Gasteiger partial charge in [-0.05, 0) is 32.1 Å². The van der Waals surface area contributed by atoms with Gasteiger partial charge in [-0.1, -0.05) is 34.4 Å². The number of thioether (sulfide) groups is 1. The highest BCUT2D eigenvalue weighted by Crippen LogP contribution is 2.40.